The van der Waals surface area contributed by atoms with E-state index in [1.807, 2.05) is 13.8 Å². The third kappa shape index (κ3) is 8.43. The lowest BCUT2D eigenvalue weighted by Gasteiger charge is -2.15. The topological polar surface area (TPSA) is 36.4 Å². The van der Waals surface area contributed by atoms with Crippen LogP contribution in [0.1, 0.15) is 38.3 Å². The van der Waals surface area contributed by atoms with E-state index in [0.29, 0.717) is 11.5 Å². The Kier molecular flexibility index (Phi) is 10.5. The Hall–Kier alpha value is -1.43. The zero-order valence-electron chi connectivity index (χ0n) is 14.0. The summed E-state index contributed by atoms with van der Waals surface area (Å²) in [5.74, 6) is 6.14. The average Bonchev–Trinajstić information content (AvgIpc) is 2.51. The molecule has 0 spiro atoms. The summed E-state index contributed by atoms with van der Waals surface area (Å²) in [6.45, 7) is 7.00. The Balaban J connectivity index is 0.00000529. The van der Waals surface area contributed by atoms with Crippen molar-refractivity contribution in [2.75, 3.05) is 13.1 Å². The molecule has 0 aliphatic rings. The van der Waals surface area contributed by atoms with Crippen LogP contribution in [0.25, 0.3) is 0 Å². The fraction of sp³-hybridized carbons (Fsp3) is 0.471. The van der Waals surface area contributed by atoms with E-state index in [2.05, 4.69) is 34.4 Å². The average molecular weight is 453 g/mol. The van der Waals surface area contributed by atoms with Crippen LogP contribution in [0.2, 0.25) is 0 Å². The van der Waals surface area contributed by atoms with E-state index in [9.17, 15) is 13.2 Å². The van der Waals surface area contributed by atoms with E-state index < -0.39 is 11.7 Å². The molecule has 0 heterocycles. The number of benzene rings is 1. The van der Waals surface area contributed by atoms with Gasteiger partial charge in [-0.15, -0.1) is 24.0 Å². The molecule has 7 heteroatoms. The zero-order chi connectivity index (χ0) is 17.3. The van der Waals surface area contributed by atoms with Crippen LogP contribution in [0.5, 0.6) is 0 Å². The molecule has 0 fully saturated rings. The van der Waals surface area contributed by atoms with Gasteiger partial charge in [0, 0.05) is 18.2 Å². The number of nitrogens with one attached hydrogen (secondary N) is 2. The van der Waals surface area contributed by atoms with Crippen LogP contribution < -0.4 is 10.6 Å². The Morgan fingerprint density at radius 3 is 2.58 bits per heavy atom. The molecule has 1 rings (SSSR count). The molecule has 3 nitrogen and oxygen atoms in total. The SMILES string of the molecule is CCNC(=NCC#Cc1cccc(C(F)(F)F)c1)NC(C)CC.I. The second-order valence-electron chi connectivity index (χ2n) is 5.03. The van der Waals surface area contributed by atoms with Gasteiger partial charge in [-0.3, -0.25) is 0 Å². The van der Waals surface area contributed by atoms with Gasteiger partial charge >= 0.3 is 6.18 Å². The molecular weight excluding hydrogens is 430 g/mol. The van der Waals surface area contributed by atoms with Gasteiger partial charge in [0.25, 0.3) is 0 Å². The third-order valence-electron chi connectivity index (χ3n) is 3.08. The Morgan fingerprint density at radius 1 is 1.29 bits per heavy atom. The van der Waals surface area contributed by atoms with Gasteiger partial charge in [-0.2, -0.15) is 13.2 Å². The molecule has 0 saturated heterocycles. The second-order valence-corrected chi connectivity index (χ2v) is 5.03. The normalized spacial score (nSPS) is 12.5. The van der Waals surface area contributed by atoms with Gasteiger partial charge in [-0.05, 0) is 38.5 Å². The van der Waals surface area contributed by atoms with Gasteiger partial charge in [-0.25, -0.2) is 4.99 Å². The molecule has 0 radical (unpaired) electrons. The van der Waals surface area contributed by atoms with Crippen molar-refractivity contribution in [2.45, 2.75) is 39.4 Å². The van der Waals surface area contributed by atoms with Crippen LogP contribution in [0.15, 0.2) is 29.3 Å². The van der Waals surface area contributed by atoms with Gasteiger partial charge in [-0.1, -0.05) is 24.8 Å². The summed E-state index contributed by atoms with van der Waals surface area (Å²) in [5.41, 5.74) is -0.366. The van der Waals surface area contributed by atoms with E-state index in [-0.39, 0.29) is 36.6 Å². The van der Waals surface area contributed by atoms with Crippen LogP contribution in [-0.2, 0) is 6.18 Å². The first kappa shape index (κ1) is 22.6. The smallest absolute Gasteiger partial charge is 0.357 e. The van der Waals surface area contributed by atoms with E-state index in [1.54, 1.807) is 6.07 Å². The van der Waals surface area contributed by atoms with E-state index >= 15 is 0 Å². The Bertz CT molecular complexity index is 589. The molecule has 0 aliphatic carbocycles. The molecule has 1 atom stereocenters. The standard InChI is InChI=1S/C17H22F3N3.HI/c1-4-13(3)23-16(21-5-2)22-11-7-9-14-8-6-10-15(12-14)17(18,19)20;/h6,8,10,12-13H,4-5,11H2,1-3H3,(H2,21,22,23);1H. The molecule has 0 aliphatic heterocycles. The maximum atomic E-state index is 12.6. The molecule has 1 aromatic carbocycles. The molecule has 0 amide bonds. The summed E-state index contributed by atoms with van der Waals surface area (Å²) in [6, 6.07) is 5.26. The van der Waals surface area contributed by atoms with Crippen LogP contribution in [-0.4, -0.2) is 25.1 Å². The highest BCUT2D eigenvalue weighted by Crippen LogP contribution is 2.29. The predicted molar refractivity (Wildman–Crippen MR) is 103 cm³/mol. The van der Waals surface area contributed by atoms with Crippen molar-refractivity contribution < 1.29 is 13.2 Å². The van der Waals surface area contributed by atoms with Crippen molar-refractivity contribution in [3.8, 4) is 11.8 Å². The fourth-order valence-corrected chi connectivity index (χ4v) is 1.69. The first-order valence-corrected chi connectivity index (χ1v) is 7.57. The van der Waals surface area contributed by atoms with Gasteiger partial charge in [0.2, 0.25) is 0 Å². The lowest BCUT2D eigenvalue weighted by Crippen LogP contribution is -2.42. The van der Waals surface area contributed by atoms with Crippen molar-refractivity contribution in [1.82, 2.24) is 10.6 Å². The summed E-state index contributed by atoms with van der Waals surface area (Å²) < 4.78 is 37.8. The summed E-state index contributed by atoms with van der Waals surface area (Å²) in [6.07, 6.45) is -3.39. The van der Waals surface area contributed by atoms with E-state index in [1.165, 1.54) is 6.07 Å². The summed E-state index contributed by atoms with van der Waals surface area (Å²) in [7, 11) is 0. The zero-order valence-corrected chi connectivity index (χ0v) is 16.3. The van der Waals surface area contributed by atoms with Crippen molar-refractivity contribution in [1.29, 1.82) is 0 Å². The molecule has 134 valence electrons. The number of guanidine groups is 1. The highest BCUT2D eigenvalue weighted by atomic mass is 127. The minimum Gasteiger partial charge on any atom is -0.357 e. The number of nitrogens with zero attached hydrogens (tertiary/aromatic N) is 1. The number of hydrogen-bond donors (Lipinski definition) is 2. The molecule has 2 N–H and O–H groups in total. The first-order chi connectivity index (χ1) is 10.9. The lowest BCUT2D eigenvalue weighted by atomic mass is 10.1. The molecule has 0 bridgehead atoms. The van der Waals surface area contributed by atoms with Crippen LogP contribution in [0.4, 0.5) is 13.2 Å². The van der Waals surface area contributed by atoms with Crippen LogP contribution in [0, 0.1) is 11.8 Å². The number of alkyl halides is 3. The van der Waals surface area contributed by atoms with Gasteiger partial charge in [0.15, 0.2) is 5.96 Å². The molecule has 24 heavy (non-hydrogen) atoms. The first-order valence-electron chi connectivity index (χ1n) is 7.57. The highest BCUT2D eigenvalue weighted by molar-refractivity contribution is 14.0. The predicted octanol–water partition coefficient (Wildman–Crippen LogP) is 4.03. The molecule has 0 aromatic heterocycles. The molecule has 0 saturated carbocycles. The Labute approximate surface area is 158 Å². The minimum atomic E-state index is -4.35. The van der Waals surface area contributed by atoms with Crippen molar-refractivity contribution >= 4 is 29.9 Å². The number of halogens is 4. The van der Waals surface area contributed by atoms with Crippen LogP contribution in [0.3, 0.4) is 0 Å². The molecule has 1 unspecified atom stereocenters. The highest BCUT2D eigenvalue weighted by Gasteiger charge is 2.30. The largest absolute Gasteiger partial charge is 0.416 e. The van der Waals surface area contributed by atoms with Crippen LogP contribution >= 0.6 is 24.0 Å². The van der Waals surface area contributed by atoms with Crippen molar-refractivity contribution in [3.63, 3.8) is 0 Å². The number of rotatable bonds is 4. The van der Waals surface area contributed by atoms with Crippen molar-refractivity contribution in [2.24, 2.45) is 4.99 Å². The fourth-order valence-electron chi connectivity index (χ4n) is 1.69. The summed E-state index contributed by atoms with van der Waals surface area (Å²) >= 11 is 0. The summed E-state index contributed by atoms with van der Waals surface area (Å²) in [4.78, 5) is 4.29. The van der Waals surface area contributed by atoms with Crippen molar-refractivity contribution in [3.05, 3.63) is 35.4 Å². The van der Waals surface area contributed by atoms with Gasteiger partial charge in [0.1, 0.15) is 6.54 Å². The number of aliphatic imine (C=N–C) groups is 1. The third-order valence-corrected chi connectivity index (χ3v) is 3.08. The maximum absolute atomic E-state index is 12.6. The van der Waals surface area contributed by atoms with Gasteiger partial charge in [0.05, 0.1) is 5.56 Å². The minimum absolute atomic E-state index is 0. The van der Waals surface area contributed by atoms with Gasteiger partial charge < -0.3 is 10.6 Å². The molecular formula is C17H23F3IN3. The quantitative estimate of drug-likeness (QED) is 0.313. The Morgan fingerprint density at radius 2 is 2.00 bits per heavy atom. The monoisotopic (exact) mass is 453 g/mol. The van der Waals surface area contributed by atoms with E-state index in [0.717, 1.165) is 25.1 Å². The lowest BCUT2D eigenvalue weighted by molar-refractivity contribution is -0.137. The summed E-state index contributed by atoms with van der Waals surface area (Å²) in [5, 5.41) is 6.32. The van der Waals surface area contributed by atoms with E-state index in [4.69, 9.17) is 0 Å². The number of hydrogen-bond acceptors (Lipinski definition) is 1. The molecule has 1 aromatic rings. The maximum Gasteiger partial charge on any atom is 0.416 e. The second kappa shape index (κ2) is 11.2.